The number of benzene rings is 1. The zero-order valence-electron chi connectivity index (χ0n) is 13.0. The Balaban J connectivity index is 2.20. The molecular formula is C17H26N2O2. The van der Waals surface area contributed by atoms with Crippen LogP contribution in [-0.2, 0) is 15.1 Å². The molecule has 1 amide bonds. The number of hydrogen-bond acceptors (Lipinski definition) is 3. The van der Waals surface area contributed by atoms with Gasteiger partial charge in [0, 0.05) is 6.04 Å². The van der Waals surface area contributed by atoms with Crippen LogP contribution in [-0.4, -0.2) is 24.7 Å². The molecule has 116 valence electrons. The summed E-state index contributed by atoms with van der Waals surface area (Å²) in [7, 11) is 0. The van der Waals surface area contributed by atoms with Gasteiger partial charge in [-0.3, -0.25) is 10.1 Å². The highest BCUT2D eigenvalue weighted by molar-refractivity contribution is 5.86. The Kier molecular flexibility index (Phi) is 5.37. The van der Waals surface area contributed by atoms with Gasteiger partial charge in [-0.25, -0.2) is 0 Å². The Morgan fingerprint density at radius 2 is 2.10 bits per heavy atom. The van der Waals surface area contributed by atoms with Crippen molar-refractivity contribution in [3.63, 3.8) is 0 Å². The molecule has 0 aliphatic heterocycles. The predicted octanol–water partition coefficient (Wildman–Crippen LogP) is 2.32. The third-order valence-electron chi connectivity index (χ3n) is 3.99. The van der Waals surface area contributed by atoms with Gasteiger partial charge in [0.2, 0.25) is 5.91 Å². The molecule has 2 unspecified atom stereocenters. The number of ether oxygens (including phenoxy) is 1. The van der Waals surface area contributed by atoms with Crippen LogP contribution < -0.4 is 11.1 Å². The van der Waals surface area contributed by atoms with Crippen LogP contribution in [0.5, 0.6) is 0 Å². The van der Waals surface area contributed by atoms with Crippen molar-refractivity contribution in [1.82, 2.24) is 5.32 Å². The zero-order valence-corrected chi connectivity index (χ0v) is 13.0. The fraction of sp³-hybridized carbons (Fsp3) is 0.588. The van der Waals surface area contributed by atoms with E-state index in [0.29, 0.717) is 6.04 Å². The van der Waals surface area contributed by atoms with Gasteiger partial charge in [-0.05, 0) is 31.7 Å². The van der Waals surface area contributed by atoms with E-state index < -0.39 is 5.54 Å². The molecule has 2 rings (SSSR count). The van der Waals surface area contributed by atoms with Gasteiger partial charge in [-0.15, -0.1) is 0 Å². The first-order valence-corrected chi connectivity index (χ1v) is 7.83. The third kappa shape index (κ3) is 4.05. The highest BCUT2D eigenvalue weighted by atomic mass is 16.5. The molecule has 3 N–H and O–H groups in total. The van der Waals surface area contributed by atoms with Crippen LogP contribution in [0.4, 0.5) is 0 Å². The SMILES string of the molecule is CCCC(C)OCC(NC1CC1)(C(N)=O)c1ccccc1. The number of rotatable bonds is 9. The first-order valence-electron chi connectivity index (χ1n) is 7.83. The van der Waals surface area contributed by atoms with Gasteiger partial charge in [0.05, 0.1) is 12.7 Å². The van der Waals surface area contributed by atoms with Crippen molar-refractivity contribution < 1.29 is 9.53 Å². The lowest BCUT2D eigenvalue weighted by Gasteiger charge is -2.33. The predicted molar refractivity (Wildman–Crippen MR) is 83.8 cm³/mol. The minimum absolute atomic E-state index is 0.124. The van der Waals surface area contributed by atoms with Crippen molar-refractivity contribution in [1.29, 1.82) is 0 Å². The number of amides is 1. The standard InChI is InChI=1S/C17H26N2O2/c1-3-7-13(2)21-12-17(16(18)20,19-15-10-11-15)14-8-5-4-6-9-14/h4-6,8-9,13,15,19H,3,7,10-12H2,1-2H3,(H2,18,20). The molecule has 1 aromatic rings. The maximum absolute atomic E-state index is 12.2. The van der Waals surface area contributed by atoms with Crippen LogP contribution in [0, 0.1) is 0 Å². The minimum atomic E-state index is -0.926. The van der Waals surface area contributed by atoms with E-state index in [1.54, 1.807) is 0 Å². The first-order chi connectivity index (χ1) is 10.1. The number of primary amides is 1. The van der Waals surface area contributed by atoms with Crippen molar-refractivity contribution in [3.8, 4) is 0 Å². The summed E-state index contributed by atoms with van der Waals surface area (Å²) in [5.74, 6) is -0.371. The van der Waals surface area contributed by atoms with Gasteiger partial charge in [-0.1, -0.05) is 43.7 Å². The van der Waals surface area contributed by atoms with Crippen molar-refractivity contribution in [2.24, 2.45) is 5.73 Å². The lowest BCUT2D eigenvalue weighted by molar-refractivity contribution is -0.129. The van der Waals surface area contributed by atoms with E-state index in [1.165, 1.54) is 0 Å². The van der Waals surface area contributed by atoms with Crippen molar-refractivity contribution in [2.75, 3.05) is 6.61 Å². The van der Waals surface area contributed by atoms with E-state index in [2.05, 4.69) is 12.2 Å². The molecule has 0 radical (unpaired) electrons. The number of carbonyl (C=O) groups excluding carboxylic acids is 1. The fourth-order valence-corrected chi connectivity index (χ4v) is 2.55. The van der Waals surface area contributed by atoms with E-state index in [0.717, 1.165) is 31.2 Å². The van der Waals surface area contributed by atoms with Crippen LogP contribution in [0.2, 0.25) is 0 Å². The average molecular weight is 290 g/mol. The Morgan fingerprint density at radius 3 is 2.62 bits per heavy atom. The summed E-state index contributed by atoms with van der Waals surface area (Å²) in [6.45, 7) is 4.45. The van der Waals surface area contributed by atoms with Crippen LogP contribution in [0.3, 0.4) is 0 Å². The van der Waals surface area contributed by atoms with E-state index >= 15 is 0 Å². The molecule has 0 spiro atoms. The summed E-state index contributed by atoms with van der Waals surface area (Å²) in [6, 6.07) is 10.0. The van der Waals surface area contributed by atoms with E-state index in [4.69, 9.17) is 10.5 Å². The van der Waals surface area contributed by atoms with Crippen LogP contribution in [0.25, 0.3) is 0 Å². The molecule has 0 saturated heterocycles. The Bertz CT molecular complexity index is 459. The number of nitrogens with two attached hydrogens (primary N) is 1. The summed E-state index contributed by atoms with van der Waals surface area (Å²) in [5.41, 5.74) is 5.71. The monoisotopic (exact) mass is 290 g/mol. The number of nitrogens with one attached hydrogen (secondary N) is 1. The molecule has 1 saturated carbocycles. The summed E-state index contributed by atoms with van der Waals surface area (Å²) in [6.07, 6.45) is 4.34. The largest absolute Gasteiger partial charge is 0.376 e. The summed E-state index contributed by atoms with van der Waals surface area (Å²) in [4.78, 5) is 12.2. The van der Waals surface area contributed by atoms with Crippen LogP contribution in [0.15, 0.2) is 30.3 Å². The smallest absolute Gasteiger partial charge is 0.244 e. The molecule has 21 heavy (non-hydrogen) atoms. The summed E-state index contributed by atoms with van der Waals surface area (Å²) < 4.78 is 5.93. The van der Waals surface area contributed by atoms with Crippen molar-refractivity contribution in [3.05, 3.63) is 35.9 Å². The summed E-state index contributed by atoms with van der Waals surface area (Å²) >= 11 is 0. The second-order valence-corrected chi connectivity index (χ2v) is 5.96. The Morgan fingerprint density at radius 1 is 1.43 bits per heavy atom. The van der Waals surface area contributed by atoms with Gasteiger partial charge >= 0.3 is 0 Å². The normalized spacial score (nSPS) is 19.0. The zero-order chi connectivity index (χ0) is 15.3. The van der Waals surface area contributed by atoms with E-state index in [1.807, 2.05) is 37.3 Å². The van der Waals surface area contributed by atoms with E-state index in [-0.39, 0.29) is 18.6 Å². The minimum Gasteiger partial charge on any atom is -0.376 e. The maximum atomic E-state index is 12.2. The highest BCUT2D eigenvalue weighted by Crippen LogP contribution is 2.29. The van der Waals surface area contributed by atoms with Crippen LogP contribution in [0.1, 0.15) is 45.1 Å². The maximum Gasteiger partial charge on any atom is 0.244 e. The molecule has 1 fully saturated rings. The van der Waals surface area contributed by atoms with Gasteiger partial charge in [0.25, 0.3) is 0 Å². The second kappa shape index (κ2) is 7.05. The molecule has 1 aliphatic rings. The molecule has 0 bridgehead atoms. The van der Waals surface area contributed by atoms with Crippen molar-refractivity contribution in [2.45, 2.75) is 57.2 Å². The highest BCUT2D eigenvalue weighted by Gasteiger charge is 2.43. The lowest BCUT2D eigenvalue weighted by atomic mass is 9.89. The molecule has 0 aromatic heterocycles. The second-order valence-electron chi connectivity index (χ2n) is 5.96. The van der Waals surface area contributed by atoms with Crippen LogP contribution >= 0.6 is 0 Å². The van der Waals surface area contributed by atoms with Gasteiger partial charge in [0.15, 0.2) is 0 Å². The molecule has 4 heteroatoms. The Labute approximate surface area is 127 Å². The molecule has 0 heterocycles. The van der Waals surface area contributed by atoms with Gasteiger partial charge in [0.1, 0.15) is 5.54 Å². The molecule has 4 nitrogen and oxygen atoms in total. The number of carbonyl (C=O) groups is 1. The Hall–Kier alpha value is -1.39. The number of hydrogen-bond donors (Lipinski definition) is 2. The summed E-state index contributed by atoms with van der Waals surface area (Å²) in [5, 5.41) is 3.42. The average Bonchev–Trinajstić information content (AvgIpc) is 3.28. The quantitative estimate of drug-likeness (QED) is 0.733. The van der Waals surface area contributed by atoms with Gasteiger partial charge in [-0.2, -0.15) is 0 Å². The molecular weight excluding hydrogens is 264 g/mol. The lowest BCUT2D eigenvalue weighted by Crippen LogP contribution is -2.57. The molecule has 1 aliphatic carbocycles. The molecule has 2 atom stereocenters. The molecule has 1 aromatic carbocycles. The topological polar surface area (TPSA) is 64.3 Å². The van der Waals surface area contributed by atoms with Crippen molar-refractivity contribution >= 4 is 5.91 Å². The van der Waals surface area contributed by atoms with E-state index in [9.17, 15) is 4.79 Å². The van der Waals surface area contributed by atoms with Gasteiger partial charge < -0.3 is 10.5 Å². The third-order valence-corrected chi connectivity index (χ3v) is 3.99. The first kappa shape index (κ1) is 16.0. The fourth-order valence-electron chi connectivity index (χ4n) is 2.55.